The topological polar surface area (TPSA) is 86.3 Å². The van der Waals surface area contributed by atoms with Crippen molar-refractivity contribution >= 4 is 23.1 Å². The van der Waals surface area contributed by atoms with Gasteiger partial charge >= 0.3 is 0 Å². The predicted octanol–water partition coefficient (Wildman–Crippen LogP) is 1.20. The summed E-state index contributed by atoms with van der Waals surface area (Å²) in [5.41, 5.74) is 1.60. The van der Waals surface area contributed by atoms with Gasteiger partial charge in [0.2, 0.25) is 5.91 Å². The van der Waals surface area contributed by atoms with Crippen molar-refractivity contribution in [2.75, 3.05) is 6.54 Å². The molecule has 0 radical (unpaired) electrons. The maximum absolute atomic E-state index is 11.6. The quantitative estimate of drug-likeness (QED) is 0.811. The van der Waals surface area contributed by atoms with Gasteiger partial charge in [0, 0.05) is 24.4 Å². The fourth-order valence-corrected chi connectivity index (χ4v) is 2.39. The van der Waals surface area contributed by atoms with Crippen LogP contribution < -0.4 is 0 Å². The highest BCUT2D eigenvalue weighted by Gasteiger charge is 2.22. The Kier molecular flexibility index (Phi) is 2.70. The van der Waals surface area contributed by atoms with E-state index in [2.05, 4.69) is 10.2 Å². The summed E-state index contributed by atoms with van der Waals surface area (Å²) < 4.78 is 0. The van der Waals surface area contributed by atoms with Crippen molar-refractivity contribution in [3.63, 3.8) is 0 Å². The van der Waals surface area contributed by atoms with Gasteiger partial charge in [-0.25, -0.2) is 0 Å². The van der Waals surface area contributed by atoms with Gasteiger partial charge in [0.15, 0.2) is 6.29 Å². The number of likely N-dealkylation sites (tertiary alicyclic amines) is 1. The van der Waals surface area contributed by atoms with E-state index in [1.54, 1.807) is 11.0 Å². The number of aromatic hydroxyl groups is 1. The third-order valence-electron chi connectivity index (χ3n) is 3.43. The molecule has 6 nitrogen and oxygen atoms in total. The molecular formula is C13H13N3O3. The van der Waals surface area contributed by atoms with Crippen molar-refractivity contribution in [3.8, 4) is 5.75 Å². The normalized spacial score (nSPS) is 15.4. The maximum Gasteiger partial charge on any atom is 0.222 e. The van der Waals surface area contributed by atoms with Gasteiger partial charge in [-0.2, -0.15) is 5.10 Å². The van der Waals surface area contributed by atoms with E-state index in [-0.39, 0.29) is 17.2 Å². The number of carbonyl (C=O) groups is 2. The summed E-state index contributed by atoms with van der Waals surface area (Å²) in [5.74, 6) is 0.0509. The maximum atomic E-state index is 11.6. The summed E-state index contributed by atoms with van der Waals surface area (Å²) in [4.78, 5) is 24.2. The Morgan fingerprint density at radius 1 is 1.47 bits per heavy atom. The van der Waals surface area contributed by atoms with Gasteiger partial charge in [0.25, 0.3) is 0 Å². The van der Waals surface area contributed by atoms with Crippen LogP contribution in [-0.4, -0.2) is 38.9 Å². The van der Waals surface area contributed by atoms with Crippen LogP contribution in [0.1, 0.15) is 28.9 Å². The molecule has 1 aromatic heterocycles. The number of H-pyrrole nitrogens is 1. The fraction of sp³-hybridized carbons (Fsp3) is 0.308. The van der Waals surface area contributed by atoms with Crippen LogP contribution in [0.4, 0.5) is 0 Å². The second-order valence-electron chi connectivity index (χ2n) is 4.67. The van der Waals surface area contributed by atoms with Crippen LogP contribution in [0.2, 0.25) is 0 Å². The second kappa shape index (κ2) is 4.38. The highest BCUT2D eigenvalue weighted by atomic mass is 16.3. The minimum absolute atomic E-state index is 0.0854. The molecule has 6 heteroatoms. The fourth-order valence-electron chi connectivity index (χ4n) is 2.39. The average molecular weight is 259 g/mol. The zero-order chi connectivity index (χ0) is 13.4. The lowest BCUT2D eigenvalue weighted by atomic mass is 10.1. The number of nitrogens with zero attached hydrogens (tertiary/aromatic N) is 2. The lowest BCUT2D eigenvalue weighted by molar-refractivity contribution is -0.128. The second-order valence-corrected chi connectivity index (χ2v) is 4.67. The summed E-state index contributed by atoms with van der Waals surface area (Å²) in [6, 6.07) is 3.04. The first-order valence-electron chi connectivity index (χ1n) is 6.12. The Hall–Kier alpha value is -2.37. The number of amides is 1. The van der Waals surface area contributed by atoms with Crippen molar-refractivity contribution < 1.29 is 14.7 Å². The lowest BCUT2D eigenvalue weighted by Gasteiger charge is -2.14. The zero-order valence-electron chi connectivity index (χ0n) is 10.2. The van der Waals surface area contributed by atoms with Gasteiger partial charge in [-0.1, -0.05) is 0 Å². The molecule has 0 unspecified atom stereocenters. The van der Waals surface area contributed by atoms with Gasteiger partial charge in [-0.15, -0.1) is 0 Å². The monoisotopic (exact) mass is 259 g/mol. The van der Waals surface area contributed by atoms with E-state index < -0.39 is 0 Å². The van der Waals surface area contributed by atoms with Gasteiger partial charge in [-0.3, -0.25) is 14.7 Å². The molecule has 0 spiro atoms. The van der Waals surface area contributed by atoms with Crippen LogP contribution in [0.3, 0.4) is 0 Å². The molecule has 2 aromatic rings. The van der Waals surface area contributed by atoms with Crippen LogP contribution >= 0.6 is 0 Å². The molecule has 19 heavy (non-hydrogen) atoms. The number of aldehydes is 1. The van der Waals surface area contributed by atoms with E-state index in [1.165, 1.54) is 6.07 Å². The van der Waals surface area contributed by atoms with Gasteiger partial charge in [0.05, 0.1) is 23.3 Å². The first kappa shape index (κ1) is 11.7. The Balaban J connectivity index is 1.99. The zero-order valence-corrected chi connectivity index (χ0v) is 10.2. The Bertz CT molecular complexity index is 662. The number of phenols is 1. The molecule has 1 aliphatic heterocycles. The Morgan fingerprint density at radius 2 is 2.32 bits per heavy atom. The highest BCUT2D eigenvalue weighted by molar-refractivity contribution is 5.91. The molecule has 3 rings (SSSR count). The number of aromatic nitrogens is 2. The number of aromatic amines is 1. The molecule has 2 heterocycles. The first-order valence-corrected chi connectivity index (χ1v) is 6.12. The number of phenolic OH excluding ortho intramolecular Hbond substituents is 1. The molecule has 1 saturated heterocycles. The summed E-state index contributed by atoms with van der Waals surface area (Å²) in [6.45, 7) is 1.20. The van der Waals surface area contributed by atoms with E-state index in [0.717, 1.165) is 24.0 Å². The number of nitrogens with one attached hydrogen (secondary N) is 1. The third kappa shape index (κ3) is 1.95. The van der Waals surface area contributed by atoms with Crippen molar-refractivity contribution in [3.05, 3.63) is 23.4 Å². The molecule has 0 atom stereocenters. The molecule has 1 aliphatic rings. The number of hydrogen-bond donors (Lipinski definition) is 2. The molecular weight excluding hydrogens is 246 g/mol. The standard InChI is InChI=1S/C13H13N3O3/c17-7-8-4-9-10(5-12(8)18)14-15-11(9)6-16-3-1-2-13(16)19/h4-5,7,18H,1-3,6H2,(H,14,15). The Morgan fingerprint density at radius 3 is 3.00 bits per heavy atom. The van der Waals surface area contributed by atoms with E-state index in [4.69, 9.17) is 0 Å². The molecule has 98 valence electrons. The molecule has 1 aromatic carbocycles. The van der Waals surface area contributed by atoms with Gasteiger partial charge < -0.3 is 10.0 Å². The summed E-state index contributed by atoms with van der Waals surface area (Å²) in [5, 5.41) is 17.3. The molecule has 1 amide bonds. The van der Waals surface area contributed by atoms with Crippen LogP contribution in [0.5, 0.6) is 5.75 Å². The molecule has 2 N–H and O–H groups in total. The molecule has 1 fully saturated rings. The van der Waals surface area contributed by atoms with E-state index in [0.29, 0.717) is 24.8 Å². The minimum Gasteiger partial charge on any atom is -0.507 e. The number of benzene rings is 1. The number of fused-ring (bicyclic) bond motifs is 1. The van der Waals surface area contributed by atoms with Crippen LogP contribution in [0.25, 0.3) is 10.9 Å². The van der Waals surface area contributed by atoms with Crippen LogP contribution in [0.15, 0.2) is 12.1 Å². The van der Waals surface area contributed by atoms with E-state index >= 15 is 0 Å². The number of hydrogen-bond acceptors (Lipinski definition) is 4. The Labute approximate surface area is 109 Å². The van der Waals surface area contributed by atoms with Crippen molar-refractivity contribution in [1.29, 1.82) is 0 Å². The van der Waals surface area contributed by atoms with Crippen molar-refractivity contribution in [1.82, 2.24) is 15.1 Å². The van der Waals surface area contributed by atoms with Crippen molar-refractivity contribution in [2.45, 2.75) is 19.4 Å². The number of rotatable bonds is 3. The SMILES string of the molecule is O=Cc1cc2c(CN3CCCC3=O)[nH]nc2cc1O. The molecule has 0 bridgehead atoms. The van der Waals surface area contributed by atoms with E-state index in [1.807, 2.05) is 0 Å². The van der Waals surface area contributed by atoms with Gasteiger partial charge in [0.1, 0.15) is 5.75 Å². The minimum atomic E-state index is -0.0854. The lowest BCUT2D eigenvalue weighted by Crippen LogP contribution is -2.24. The average Bonchev–Trinajstić information content (AvgIpc) is 2.97. The molecule has 0 saturated carbocycles. The number of carbonyl (C=O) groups excluding carboxylic acids is 2. The smallest absolute Gasteiger partial charge is 0.222 e. The van der Waals surface area contributed by atoms with Crippen LogP contribution in [0, 0.1) is 0 Å². The van der Waals surface area contributed by atoms with Crippen LogP contribution in [-0.2, 0) is 11.3 Å². The summed E-state index contributed by atoms with van der Waals surface area (Å²) in [6.07, 6.45) is 2.07. The first-order chi connectivity index (χ1) is 9.19. The van der Waals surface area contributed by atoms with Gasteiger partial charge in [-0.05, 0) is 12.5 Å². The largest absolute Gasteiger partial charge is 0.507 e. The highest BCUT2D eigenvalue weighted by Crippen LogP contribution is 2.26. The summed E-state index contributed by atoms with van der Waals surface area (Å²) >= 11 is 0. The van der Waals surface area contributed by atoms with Crippen molar-refractivity contribution in [2.24, 2.45) is 0 Å². The summed E-state index contributed by atoms with van der Waals surface area (Å²) in [7, 11) is 0. The molecule has 0 aliphatic carbocycles. The third-order valence-corrected chi connectivity index (χ3v) is 3.43. The predicted molar refractivity (Wildman–Crippen MR) is 67.8 cm³/mol. The van der Waals surface area contributed by atoms with E-state index in [9.17, 15) is 14.7 Å².